The van der Waals surface area contributed by atoms with Crippen molar-refractivity contribution < 1.29 is 23.4 Å². The second-order valence-electron chi connectivity index (χ2n) is 7.38. The third-order valence-corrected chi connectivity index (χ3v) is 5.00. The van der Waals surface area contributed by atoms with Crippen molar-refractivity contribution >= 4 is 34.7 Å². The minimum absolute atomic E-state index is 0.0532. The maximum Gasteiger partial charge on any atom is 0.265 e. The fraction of sp³-hybridized carbons (Fsp3) is 0.130. The van der Waals surface area contributed by atoms with Gasteiger partial charge in [0.05, 0.1) is 18.1 Å². The molecule has 0 saturated heterocycles. The van der Waals surface area contributed by atoms with Crippen LogP contribution in [0.15, 0.2) is 65.5 Å². The Morgan fingerprint density at radius 1 is 1.12 bits per heavy atom. The molecule has 0 aliphatic carbocycles. The van der Waals surface area contributed by atoms with Crippen LogP contribution in [0.1, 0.15) is 6.42 Å². The molecule has 0 spiro atoms. The first-order valence-electron chi connectivity index (χ1n) is 10.4. The maximum absolute atomic E-state index is 14.4. The Hall–Kier alpha value is -4.51. The molecule has 1 aliphatic rings. The summed E-state index contributed by atoms with van der Waals surface area (Å²) in [7, 11) is 0. The largest absolute Gasteiger partial charge is 0.478 e. The number of halogens is 1. The summed E-state index contributed by atoms with van der Waals surface area (Å²) in [6.07, 6.45) is 3.53. The van der Waals surface area contributed by atoms with Crippen LogP contribution < -0.4 is 20.7 Å². The number of carbonyl (C=O) groups excluding carboxylic acids is 1. The van der Waals surface area contributed by atoms with E-state index in [1.807, 2.05) is 24.3 Å². The van der Waals surface area contributed by atoms with Gasteiger partial charge in [-0.3, -0.25) is 4.79 Å². The van der Waals surface area contributed by atoms with Gasteiger partial charge in [0, 0.05) is 30.0 Å². The van der Waals surface area contributed by atoms with E-state index in [-0.39, 0.29) is 30.7 Å². The lowest BCUT2D eigenvalue weighted by molar-refractivity contribution is -0.124. The molecule has 34 heavy (non-hydrogen) atoms. The normalized spacial score (nSPS) is 14.6. The summed E-state index contributed by atoms with van der Waals surface area (Å²) in [4.78, 5) is 24.5. The molecule has 1 amide bonds. The summed E-state index contributed by atoms with van der Waals surface area (Å²) in [6.45, 7) is -0.166. The van der Waals surface area contributed by atoms with Crippen molar-refractivity contribution in [3.05, 3.63) is 66.9 Å². The highest BCUT2D eigenvalue weighted by molar-refractivity contribution is 5.98. The number of benzene rings is 2. The fourth-order valence-corrected chi connectivity index (χ4v) is 3.41. The van der Waals surface area contributed by atoms with Gasteiger partial charge in [0.15, 0.2) is 17.7 Å². The number of ether oxygens (including phenoxy) is 1. The molecule has 1 aliphatic heterocycles. The molecular formula is C23H19FN6O4. The van der Waals surface area contributed by atoms with Crippen molar-refractivity contribution in [1.29, 1.82) is 0 Å². The molecule has 4 N–H and O–H groups in total. The fourth-order valence-electron chi connectivity index (χ4n) is 3.41. The first kappa shape index (κ1) is 21.3. The summed E-state index contributed by atoms with van der Waals surface area (Å²) in [5.74, 6) is 0.0418. The smallest absolute Gasteiger partial charge is 0.265 e. The molecule has 0 saturated carbocycles. The van der Waals surface area contributed by atoms with Crippen LogP contribution >= 0.6 is 0 Å². The monoisotopic (exact) mass is 462 g/mol. The van der Waals surface area contributed by atoms with Gasteiger partial charge in [0.1, 0.15) is 12.0 Å². The van der Waals surface area contributed by atoms with Crippen molar-refractivity contribution in [1.82, 2.24) is 15.0 Å². The molecular weight excluding hydrogens is 443 g/mol. The summed E-state index contributed by atoms with van der Waals surface area (Å²) in [5.41, 5.74) is 2.34. The van der Waals surface area contributed by atoms with Crippen molar-refractivity contribution in [3.8, 4) is 17.2 Å². The maximum atomic E-state index is 14.4. The van der Waals surface area contributed by atoms with Gasteiger partial charge >= 0.3 is 0 Å². The molecule has 0 radical (unpaired) electrons. The minimum Gasteiger partial charge on any atom is -0.478 e. The third-order valence-electron chi connectivity index (χ3n) is 5.00. The van der Waals surface area contributed by atoms with Crippen molar-refractivity contribution in [2.75, 3.05) is 22.6 Å². The molecule has 2 aromatic carbocycles. The van der Waals surface area contributed by atoms with E-state index in [0.717, 1.165) is 11.8 Å². The number of rotatable bonds is 7. The molecule has 10 nitrogen and oxygen atoms in total. The predicted molar refractivity (Wildman–Crippen MR) is 122 cm³/mol. The van der Waals surface area contributed by atoms with Crippen LogP contribution in [0.5, 0.6) is 5.75 Å². The highest BCUT2D eigenvalue weighted by Gasteiger charge is 2.27. The van der Waals surface area contributed by atoms with Crippen LogP contribution in [-0.4, -0.2) is 38.7 Å². The number of hydrogen-bond donors (Lipinski definition) is 4. The quantitative estimate of drug-likeness (QED) is 0.323. The number of nitrogens with zero attached hydrogens (tertiary/aromatic N) is 3. The topological polar surface area (TPSA) is 134 Å². The van der Waals surface area contributed by atoms with Crippen LogP contribution in [-0.2, 0) is 4.79 Å². The Balaban J connectivity index is 1.34. The summed E-state index contributed by atoms with van der Waals surface area (Å²) in [5, 5.41) is 17.7. The predicted octanol–water partition coefficient (Wildman–Crippen LogP) is 3.84. The molecule has 4 aromatic rings. The lowest BCUT2D eigenvalue weighted by Crippen LogP contribution is -2.37. The third kappa shape index (κ3) is 4.50. The number of aliphatic hydroxyl groups is 1. The molecule has 2 aromatic heterocycles. The molecule has 1 atom stereocenters. The zero-order chi connectivity index (χ0) is 23.5. The second kappa shape index (κ2) is 9.16. The van der Waals surface area contributed by atoms with Crippen LogP contribution in [0.2, 0.25) is 0 Å². The standard InChI is InChI=1S/C23H19FN6O4/c24-16-12-26-23(28-14-3-1-2-13(10-14)22-25-7-9-33-22)30-20(16)27-15-4-5-18-17(11-15)29-21(32)19(34-18)6-8-31/h1-5,7,9-12,19,31H,6,8H2,(H,29,32)(H2,26,27,28,30). The molecule has 0 fully saturated rings. The molecule has 1 unspecified atom stereocenters. The Labute approximate surface area is 192 Å². The van der Waals surface area contributed by atoms with Gasteiger partial charge in [0.25, 0.3) is 5.91 Å². The van der Waals surface area contributed by atoms with E-state index < -0.39 is 11.9 Å². The van der Waals surface area contributed by atoms with Crippen LogP contribution in [0, 0.1) is 5.82 Å². The highest BCUT2D eigenvalue weighted by Crippen LogP contribution is 2.34. The number of nitrogens with one attached hydrogen (secondary N) is 3. The van der Waals surface area contributed by atoms with E-state index in [9.17, 15) is 9.18 Å². The van der Waals surface area contributed by atoms with Crippen LogP contribution in [0.3, 0.4) is 0 Å². The molecule has 11 heteroatoms. The van der Waals surface area contributed by atoms with Gasteiger partial charge in [-0.1, -0.05) is 6.07 Å². The molecule has 5 rings (SSSR count). The zero-order valence-electron chi connectivity index (χ0n) is 17.7. The van der Waals surface area contributed by atoms with Gasteiger partial charge in [0.2, 0.25) is 11.8 Å². The average Bonchev–Trinajstić information content (AvgIpc) is 3.37. The number of hydrogen-bond acceptors (Lipinski definition) is 9. The minimum atomic E-state index is -0.758. The molecule has 0 bridgehead atoms. The Morgan fingerprint density at radius 2 is 2.00 bits per heavy atom. The zero-order valence-corrected chi connectivity index (χ0v) is 17.7. The first-order valence-corrected chi connectivity index (χ1v) is 10.4. The SMILES string of the molecule is O=C1Nc2cc(Nc3nc(Nc4cccc(-c5ncco5)c4)ncc3F)ccc2OC1CCO. The Kier molecular flexibility index (Phi) is 5.75. The van der Waals surface area contributed by atoms with E-state index in [1.165, 1.54) is 6.26 Å². The van der Waals surface area contributed by atoms with Crippen molar-refractivity contribution in [2.45, 2.75) is 12.5 Å². The van der Waals surface area contributed by atoms with E-state index in [4.69, 9.17) is 14.3 Å². The first-order chi connectivity index (χ1) is 16.6. The lowest BCUT2D eigenvalue weighted by Gasteiger charge is -2.25. The Morgan fingerprint density at radius 3 is 2.82 bits per heavy atom. The number of oxazole rings is 1. The number of carbonyl (C=O) groups is 1. The Bertz CT molecular complexity index is 1330. The van der Waals surface area contributed by atoms with E-state index in [2.05, 4.69) is 30.9 Å². The highest BCUT2D eigenvalue weighted by atomic mass is 19.1. The van der Waals surface area contributed by atoms with Crippen LogP contribution in [0.25, 0.3) is 11.5 Å². The summed E-state index contributed by atoms with van der Waals surface area (Å²) in [6, 6.07) is 12.2. The number of fused-ring (bicyclic) bond motifs is 1. The van der Waals surface area contributed by atoms with Crippen molar-refractivity contribution in [3.63, 3.8) is 0 Å². The summed E-state index contributed by atoms with van der Waals surface area (Å²) < 4.78 is 25.4. The number of anilines is 5. The van der Waals surface area contributed by atoms with Gasteiger partial charge in [-0.25, -0.2) is 14.4 Å². The second-order valence-corrected chi connectivity index (χ2v) is 7.38. The summed E-state index contributed by atoms with van der Waals surface area (Å²) >= 11 is 0. The number of aliphatic hydroxyl groups excluding tert-OH is 1. The lowest BCUT2D eigenvalue weighted by atomic mass is 10.1. The van der Waals surface area contributed by atoms with Gasteiger partial charge in [-0.2, -0.15) is 4.98 Å². The van der Waals surface area contributed by atoms with E-state index in [0.29, 0.717) is 28.7 Å². The van der Waals surface area contributed by atoms with E-state index >= 15 is 0 Å². The molecule has 172 valence electrons. The molecule has 3 heterocycles. The average molecular weight is 462 g/mol. The van der Waals surface area contributed by atoms with E-state index in [1.54, 1.807) is 24.4 Å². The van der Waals surface area contributed by atoms with Gasteiger partial charge in [-0.05, 0) is 36.4 Å². The van der Waals surface area contributed by atoms with Crippen molar-refractivity contribution in [2.24, 2.45) is 0 Å². The number of aromatic nitrogens is 3. The van der Waals surface area contributed by atoms with Gasteiger partial charge < -0.3 is 30.2 Å². The van der Waals surface area contributed by atoms with Crippen LogP contribution in [0.4, 0.5) is 33.2 Å². The number of amides is 1. The van der Waals surface area contributed by atoms with Gasteiger partial charge in [-0.15, -0.1) is 0 Å².